The zero-order chi connectivity index (χ0) is 19.7. The third kappa shape index (κ3) is 3.42. The maximum Gasteiger partial charge on any atom is 0.260 e. The number of benzene rings is 1. The Morgan fingerprint density at radius 2 is 2.18 bits per heavy atom. The van der Waals surface area contributed by atoms with Crippen LogP contribution in [0.4, 0.5) is 0 Å². The van der Waals surface area contributed by atoms with Gasteiger partial charge in [0.25, 0.3) is 5.91 Å². The van der Waals surface area contributed by atoms with Crippen LogP contribution in [0.25, 0.3) is 6.08 Å². The van der Waals surface area contributed by atoms with Crippen LogP contribution in [0.15, 0.2) is 31.0 Å². The van der Waals surface area contributed by atoms with Crippen molar-refractivity contribution in [1.29, 1.82) is 0 Å². The molecule has 28 heavy (non-hydrogen) atoms. The fraction of sp³-hybridized carbons (Fsp3) is 0.391. The van der Waals surface area contributed by atoms with Crippen LogP contribution in [0, 0.1) is 13.8 Å². The number of hydrogen-bond donors (Lipinski definition) is 0. The topological polar surface area (TPSA) is 51.7 Å². The molecule has 0 N–H and O–H groups in total. The van der Waals surface area contributed by atoms with E-state index in [4.69, 9.17) is 9.47 Å². The van der Waals surface area contributed by atoms with Gasteiger partial charge in [0, 0.05) is 12.8 Å². The predicted molar refractivity (Wildman–Crippen MR) is 109 cm³/mol. The van der Waals surface area contributed by atoms with Crippen molar-refractivity contribution in [1.82, 2.24) is 9.88 Å². The lowest BCUT2D eigenvalue weighted by Gasteiger charge is -2.37. The van der Waals surface area contributed by atoms with Gasteiger partial charge >= 0.3 is 0 Å². The van der Waals surface area contributed by atoms with Gasteiger partial charge in [-0.3, -0.25) is 14.7 Å². The molecule has 3 heterocycles. The van der Waals surface area contributed by atoms with Crippen LogP contribution >= 0.6 is 0 Å². The molecule has 2 aliphatic heterocycles. The van der Waals surface area contributed by atoms with Crippen LogP contribution in [-0.4, -0.2) is 41.8 Å². The molecule has 1 unspecified atom stereocenters. The molecule has 0 spiro atoms. The average molecular weight is 378 g/mol. The first-order chi connectivity index (χ1) is 13.6. The molecular formula is C23H26N2O3. The number of fused-ring (bicyclic) bond motifs is 1. The summed E-state index contributed by atoms with van der Waals surface area (Å²) in [6.45, 7) is 9.52. The monoisotopic (exact) mass is 378 g/mol. The van der Waals surface area contributed by atoms with E-state index in [0.29, 0.717) is 18.9 Å². The van der Waals surface area contributed by atoms with Crippen LogP contribution < -0.4 is 4.74 Å². The summed E-state index contributed by atoms with van der Waals surface area (Å²) in [5.41, 5.74) is 5.95. The fourth-order valence-electron chi connectivity index (χ4n) is 3.96. The minimum absolute atomic E-state index is 0.0428. The van der Waals surface area contributed by atoms with Gasteiger partial charge in [-0.1, -0.05) is 12.6 Å². The van der Waals surface area contributed by atoms with Crippen molar-refractivity contribution in [2.75, 3.05) is 19.9 Å². The molecule has 0 saturated carbocycles. The molecule has 5 nitrogen and oxygen atoms in total. The lowest BCUT2D eigenvalue weighted by molar-refractivity contribution is -0.0101. The van der Waals surface area contributed by atoms with Gasteiger partial charge in [0.2, 0.25) is 0 Å². The highest BCUT2D eigenvalue weighted by Gasteiger charge is 2.34. The Kier molecular flexibility index (Phi) is 5.18. The minimum Gasteiger partial charge on any atom is -0.472 e. The Labute approximate surface area is 166 Å². The maximum absolute atomic E-state index is 13.2. The van der Waals surface area contributed by atoms with Crippen LogP contribution in [-0.2, 0) is 11.2 Å². The van der Waals surface area contributed by atoms with Crippen LogP contribution in [0.3, 0.4) is 0 Å². The summed E-state index contributed by atoms with van der Waals surface area (Å²) in [6.07, 6.45) is 6.27. The SMILES string of the molecule is C=Cc1ccc(Cc2cc3c(c(C)c2C)OCN(C2CCCOC2)C3=O)cn1. The second-order valence-electron chi connectivity index (χ2n) is 7.55. The quantitative estimate of drug-likeness (QED) is 0.810. The number of rotatable bonds is 4. The van der Waals surface area contributed by atoms with Crippen molar-refractivity contribution in [2.24, 2.45) is 0 Å². The second kappa shape index (κ2) is 7.76. The normalized spacial score (nSPS) is 19.1. The second-order valence-corrected chi connectivity index (χ2v) is 7.55. The summed E-state index contributed by atoms with van der Waals surface area (Å²) in [7, 11) is 0. The molecule has 1 saturated heterocycles. The zero-order valence-electron chi connectivity index (χ0n) is 16.5. The van der Waals surface area contributed by atoms with Gasteiger partial charge in [-0.2, -0.15) is 0 Å². The Morgan fingerprint density at radius 3 is 2.86 bits per heavy atom. The maximum atomic E-state index is 13.2. The third-order valence-corrected chi connectivity index (χ3v) is 5.82. The summed E-state index contributed by atoms with van der Waals surface area (Å²) >= 11 is 0. The summed E-state index contributed by atoms with van der Waals surface area (Å²) in [5.74, 6) is 0.764. The van der Waals surface area contributed by atoms with Gasteiger partial charge in [0.1, 0.15) is 5.75 Å². The molecule has 1 aromatic heterocycles. The highest BCUT2D eigenvalue weighted by Crippen LogP contribution is 2.35. The van der Waals surface area contributed by atoms with Crippen molar-refractivity contribution in [3.63, 3.8) is 0 Å². The molecule has 0 bridgehead atoms. The van der Waals surface area contributed by atoms with Crippen LogP contribution in [0.1, 0.15) is 51.1 Å². The summed E-state index contributed by atoms with van der Waals surface area (Å²) in [4.78, 5) is 19.4. The molecule has 1 fully saturated rings. The molecule has 146 valence electrons. The number of hydrogen-bond acceptors (Lipinski definition) is 4. The zero-order valence-corrected chi connectivity index (χ0v) is 16.5. The fourth-order valence-corrected chi connectivity index (χ4v) is 3.96. The van der Waals surface area contributed by atoms with E-state index in [1.807, 2.05) is 30.2 Å². The Hall–Kier alpha value is -2.66. The van der Waals surface area contributed by atoms with Gasteiger partial charge in [-0.15, -0.1) is 0 Å². The number of amides is 1. The first-order valence-electron chi connectivity index (χ1n) is 9.80. The molecule has 1 aromatic carbocycles. The standard InChI is InChI=1S/C23H26N2O3/c1-4-19-8-7-17(12-24-19)10-18-11-21-22(16(3)15(18)2)28-14-25(23(21)26)20-6-5-9-27-13-20/h4,7-8,11-12,20H,1,5-6,9-10,13-14H2,2-3H3. The summed E-state index contributed by atoms with van der Waals surface area (Å²) in [6, 6.07) is 6.11. The highest BCUT2D eigenvalue weighted by atomic mass is 16.5. The molecular weight excluding hydrogens is 352 g/mol. The van der Waals surface area contributed by atoms with Crippen LogP contribution in [0.2, 0.25) is 0 Å². The lowest BCUT2D eigenvalue weighted by Crippen LogP contribution is -2.49. The number of ether oxygens (including phenoxy) is 2. The van der Waals surface area contributed by atoms with Crippen LogP contribution in [0.5, 0.6) is 5.75 Å². The van der Waals surface area contributed by atoms with E-state index in [2.05, 4.69) is 24.6 Å². The first kappa shape index (κ1) is 18.7. The highest BCUT2D eigenvalue weighted by molar-refractivity contribution is 5.99. The minimum atomic E-state index is 0.0428. The van der Waals surface area contributed by atoms with E-state index >= 15 is 0 Å². The Morgan fingerprint density at radius 1 is 1.32 bits per heavy atom. The van der Waals surface area contributed by atoms with Crippen molar-refractivity contribution in [3.05, 3.63) is 64.5 Å². The van der Waals surface area contributed by atoms with E-state index in [9.17, 15) is 4.79 Å². The van der Waals surface area contributed by atoms with Gasteiger partial charge in [-0.25, -0.2) is 0 Å². The Balaban J connectivity index is 1.65. The van der Waals surface area contributed by atoms with Gasteiger partial charge in [0.05, 0.1) is 23.9 Å². The van der Waals surface area contributed by atoms with Crippen molar-refractivity contribution >= 4 is 12.0 Å². The van der Waals surface area contributed by atoms with Crippen molar-refractivity contribution < 1.29 is 14.3 Å². The number of pyridine rings is 1. The molecule has 4 rings (SSSR count). The van der Waals surface area contributed by atoms with E-state index in [-0.39, 0.29) is 11.9 Å². The number of aromatic nitrogens is 1. The summed E-state index contributed by atoms with van der Waals surface area (Å²) in [5, 5.41) is 0. The first-order valence-corrected chi connectivity index (χ1v) is 9.80. The number of carbonyl (C=O) groups excluding carboxylic acids is 1. The number of nitrogens with zero attached hydrogens (tertiary/aromatic N) is 2. The largest absolute Gasteiger partial charge is 0.472 e. The summed E-state index contributed by atoms with van der Waals surface area (Å²) < 4.78 is 11.6. The van der Waals surface area contributed by atoms with E-state index in [1.54, 1.807) is 6.08 Å². The lowest BCUT2D eigenvalue weighted by atomic mass is 9.92. The van der Waals surface area contributed by atoms with Gasteiger partial charge in [-0.05, 0) is 73.6 Å². The van der Waals surface area contributed by atoms with Crippen molar-refractivity contribution in [3.8, 4) is 5.75 Å². The molecule has 2 aliphatic rings. The Bertz CT molecular complexity index is 899. The molecule has 1 amide bonds. The molecule has 0 radical (unpaired) electrons. The van der Waals surface area contributed by atoms with E-state index in [0.717, 1.165) is 59.6 Å². The van der Waals surface area contributed by atoms with Gasteiger partial charge in [0.15, 0.2) is 6.73 Å². The third-order valence-electron chi connectivity index (χ3n) is 5.82. The number of carbonyl (C=O) groups is 1. The molecule has 2 aromatic rings. The van der Waals surface area contributed by atoms with Gasteiger partial charge < -0.3 is 9.47 Å². The molecule has 0 aliphatic carbocycles. The predicted octanol–water partition coefficient (Wildman–Crippen LogP) is 3.90. The van der Waals surface area contributed by atoms with Crippen molar-refractivity contribution in [2.45, 2.75) is 39.2 Å². The molecule has 5 heteroatoms. The van der Waals surface area contributed by atoms with E-state index in [1.165, 1.54) is 0 Å². The smallest absolute Gasteiger partial charge is 0.260 e. The average Bonchev–Trinajstić information content (AvgIpc) is 2.73. The van der Waals surface area contributed by atoms with E-state index < -0.39 is 0 Å². The molecule has 1 atom stereocenters.